The minimum atomic E-state index is -3.53. The van der Waals surface area contributed by atoms with Gasteiger partial charge in [-0.2, -0.15) is 0 Å². The Morgan fingerprint density at radius 1 is 1.43 bits per heavy atom. The summed E-state index contributed by atoms with van der Waals surface area (Å²) in [6.07, 6.45) is 2.69. The van der Waals surface area contributed by atoms with Gasteiger partial charge in [0.25, 0.3) is 0 Å². The second kappa shape index (κ2) is 7.36. The first-order valence-corrected chi connectivity index (χ1v) is 9.02. The van der Waals surface area contributed by atoms with Crippen molar-refractivity contribution in [3.05, 3.63) is 23.8 Å². The third kappa shape index (κ3) is 3.97. The maximum Gasteiger partial charge on any atom is 0.240 e. The average molecular weight is 363 g/mol. The first kappa shape index (κ1) is 18.5. The van der Waals surface area contributed by atoms with Gasteiger partial charge in [0.2, 0.25) is 10.0 Å². The molecule has 6 nitrogen and oxygen atoms in total. The summed E-state index contributed by atoms with van der Waals surface area (Å²) in [5.41, 5.74) is 0.648. The van der Waals surface area contributed by atoms with Crippen molar-refractivity contribution in [3.8, 4) is 5.75 Å². The van der Waals surface area contributed by atoms with Crippen LogP contribution in [-0.2, 0) is 21.2 Å². The van der Waals surface area contributed by atoms with Gasteiger partial charge in [-0.05, 0) is 43.1 Å². The van der Waals surface area contributed by atoms with Gasteiger partial charge in [0.05, 0.1) is 23.6 Å². The van der Waals surface area contributed by atoms with Crippen LogP contribution in [-0.4, -0.2) is 47.4 Å². The number of fused-ring (bicyclic) bond motifs is 1. The molecule has 2 aliphatic rings. The SMILES string of the molecule is COCC1(CNS(=O)(=O)c2ccc3c(c2)CCO3)CCCN1.Cl. The molecule has 23 heavy (non-hydrogen) atoms. The highest BCUT2D eigenvalue weighted by Gasteiger charge is 2.35. The summed E-state index contributed by atoms with van der Waals surface area (Å²) in [5, 5.41) is 3.36. The molecule has 2 heterocycles. The number of rotatable bonds is 6. The van der Waals surface area contributed by atoms with Crippen LogP contribution in [0.1, 0.15) is 18.4 Å². The lowest BCUT2D eigenvalue weighted by Gasteiger charge is -2.28. The fourth-order valence-corrected chi connectivity index (χ4v) is 4.29. The Morgan fingerprint density at radius 2 is 2.26 bits per heavy atom. The largest absolute Gasteiger partial charge is 0.493 e. The van der Waals surface area contributed by atoms with Gasteiger partial charge in [0, 0.05) is 20.1 Å². The van der Waals surface area contributed by atoms with Crippen LogP contribution in [0.4, 0.5) is 0 Å². The van der Waals surface area contributed by atoms with Crippen molar-refractivity contribution in [2.45, 2.75) is 29.7 Å². The standard InChI is InChI=1S/C15H22N2O4S.ClH/c1-20-11-15(6-2-7-16-15)10-17-22(18,19)13-3-4-14-12(9-13)5-8-21-14;/h3-4,9,16-17H,2,5-8,10-11H2,1H3;1H. The summed E-state index contributed by atoms with van der Waals surface area (Å²) in [6.45, 7) is 2.33. The number of ether oxygens (including phenoxy) is 2. The molecule has 1 aromatic rings. The van der Waals surface area contributed by atoms with Crippen LogP contribution < -0.4 is 14.8 Å². The predicted octanol–water partition coefficient (Wildman–Crippen LogP) is 1.09. The van der Waals surface area contributed by atoms with E-state index >= 15 is 0 Å². The molecule has 0 aromatic heterocycles. The topological polar surface area (TPSA) is 76.7 Å². The molecule has 130 valence electrons. The summed E-state index contributed by atoms with van der Waals surface area (Å²) >= 11 is 0. The van der Waals surface area contributed by atoms with E-state index < -0.39 is 10.0 Å². The normalized spacial score (nSPS) is 23.2. The minimum Gasteiger partial charge on any atom is -0.493 e. The quantitative estimate of drug-likeness (QED) is 0.792. The summed E-state index contributed by atoms with van der Waals surface area (Å²) in [6, 6.07) is 5.03. The molecule has 0 aliphatic carbocycles. The highest BCUT2D eigenvalue weighted by atomic mass is 35.5. The van der Waals surface area contributed by atoms with Gasteiger partial charge in [0.1, 0.15) is 5.75 Å². The Morgan fingerprint density at radius 3 is 2.96 bits per heavy atom. The summed E-state index contributed by atoms with van der Waals surface area (Å²) < 4.78 is 38.4. The molecule has 8 heteroatoms. The lowest BCUT2D eigenvalue weighted by Crippen LogP contribution is -2.52. The number of halogens is 1. The van der Waals surface area contributed by atoms with Gasteiger partial charge >= 0.3 is 0 Å². The summed E-state index contributed by atoms with van der Waals surface area (Å²) in [4.78, 5) is 0.294. The molecule has 0 bridgehead atoms. The van der Waals surface area contributed by atoms with Crippen LogP contribution >= 0.6 is 12.4 Å². The second-order valence-electron chi connectivity index (χ2n) is 5.94. The van der Waals surface area contributed by atoms with Gasteiger partial charge in [-0.15, -0.1) is 12.4 Å². The van der Waals surface area contributed by atoms with Crippen molar-refractivity contribution in [2.75, 3.05) is 33.4 Å². The third-order valence-corrected chi connectivity index (χ3v) is 5.72. The van der Waals surface area contributed by atoms with Crippen LogP contribution in [0, 0.1) is 0 Å². The lowest BCUT2D eigenvalue weighted by atomic mass is 9.99. The van der Waals surface area contributed by atoms with E-state index in [1.807, 2.05) is 0 Å². The van der Waals surface area contributed by atoms with Gasteiger partial charge in [-0.25, -0.2) is 13.1 Å². The molecule has 0 spiro atoms. The van der Waals surface area contributed by atoms with Crippen molar-refractivity contribution in [1.82, 2.24) is 10.0 Å². The van der Waals surface area contributed by atoms with Crippen LogP contribution in [0.25, 0.3) is 0 Å². The number of nitrogens with one attached hydrogen (secondary N) is 2. The predicted molar refractivity (Wildman–Crippen MR) is 89.9 cm³/mol. The molecule has 3 rings (SSSR count). The Labute approximate surface area is 143 Å². The van der Waals surface area contributed by atoms with Crippen molar-refractivity contribution in [1.29, 1.82) is 0 Å². The monoisotopic (exact) mass is 362 g/mol. The molecule has 0 saturated carbocycles. The highest BCUT2D eigenvalue weighted by Crippen LogP contribution is 2.28. The third-order valence-electron chi connectivity index (χ3n) is 4.32. The number of benzene rings is 1. The van der Waals surface area contributed by atoms with E-state index in [1.165, 1.54) is 0 Å². The molecule has 2 N–H and O–H groups in total. The summed E-state index contributed by atoms with van der Waals surface area (Å²) in [7, 11) is -1.89. The maximum atomic E-state index is 12.5. The van der Waals surface area contributed by atoms with Gasteiger partial charge < -0.3 is 14.8 Å². The molecule has 0 radical (unpaired) electrons. The van der Waals surface area contributed by atoms with Crippen molar-refractivity contribution in [3.63, 3.8) is 0 Å². The lowest BCUT2D eigenvalue weighted by molar-refractivity contribution is 0.122. The Bertz CT molecular complexity index is 645. The molecule has 1 saturated heterocycles. The molecular formula is C15H23ClN2O4S. The number of hydrogen-bond acceptors (Lipinski definition) is 5. The fraction of sp³-hybridized carbons (Fsp3) is 0.600. The second-order valence-corrected chi connectivity index (χ2v) is 7.70. The zero-order valence-corrected chi connectivity index (χ0v) is 14.8. The Balaban J connectivity index is 0.00000192. The van der Waals surface area contributed by atoms with Gasteiger partial charge in [-0.1, -0.05) is 0 Å². The summed E-state index contributed by atoms with van der Waals surface area (Å²) in [5.74, 6) is 0.785. The number of sulfonamides is 1. The maximum absolute atomic E-state index is 12.5. The van der Waals surface area contributed by atoms with Crippen molar-refractivity contribution in [2.24, 2.45) is 0 Å². The number of hydrogen-bond donors (Lipinski definition) is 2. The van der Waals surface area contributed by atoms with Crippen LogP contribution in [0.2, 0.25) is 0 Å². The van der Waals surface area contributed by atoms with Crippen molar-refractivity contribution >= 4 is 22.4 Å². The van der Waals surface area contributed by atoms with Crippen LogP contribution in [0.5, 0.6) is 5.75 Å². The van der Waals surface area contributed by atoms with Crippen molar-refractivity contribution < 1.29 is 17.9 Å². The van der Waals surface area contributed by atoms with E-state index in [2.05, 4.69) is 10.0 Å². The smallest absolute Gasteiger partial charge is 0.240 e. The van der Waals surface area contributed by atoms with Crippen LogP contribution in [0.15, 0.2) is 23.1 Å². The van der Waals surface area contributed by atoms with Crippen LogP contribution in [0.3, 0.4) is 0 Å². The van der Waals surface area contributed by atoms with E-state index in [1.54, 1.807) is 25.3 Å². The highest BCUT2D eigenvalue weighted by molar-refractivity contribution is 7.89. The number of methoxy groups -OCH3 is 1. The Kier molecular flexibility index (Phi) is 5.91. The molecule has 1 atom stereocenters. The van der Waals surface area contributed by atoms with Gasteiger partial charge in [0.15, 0.2) is 0 Å². The Hall–Kier alpha value is -0.860. The van der Waals surface area contributed by atoms with E-state index in [4.69, 9.17) is 9.47 Å². The molecule has 1 fully saturated rings. The van der Waals surface area contributed by atoms with E-state index in [0.29, 0.717) is 24.7 Å². The van der Waals surface area contributed by atoms with Gasteiger partial charge in [-0.3, -0.25) is 0 Å². The zero-order valence-electron chi connectivity index (χ0n) is 13.1. The van der Waals surface area contributed by atoms with E-state index in [0.717, 1.165) is 37.1 Å². The molecule has 1 aromatic carbocycles. The molecule has 2 aliphatic heterocycles. The molecular weight excluding hydrogens is 340 g/mol. The first-order valence-electron chi connectivity index (χ1n) is 7.54. The molecule has 1 unspecified atom stereocenters. The average Bonchev–Trinajstić information content (AvgIpc) is 3.14. The fourth-order valence-electron chi connectivity index (χ4n) is 3.12. The zero-order chi connectivity index (χ0) is 15.6. The first-order chi connectivity index (χ1) is 10.5. The van der Waals surface area contributed by atoms with E-state index in [9.17, 15) is 8.42 Å². The van der Waals surface area contributed by atoms with E-state index in [-0.39, 0.29) is 17.9 Å². The minimum absolute atomic E-state index is 0. The molecule has 0 amide bonds.